The highest BCUT2D eigenvalue weighted by molar-refractivity contribution is 7.87. The summed E-state index contributed by atoms with van der Waals surface area (Å²) in [5.41, 5.74) is -0.747. The molecule has 0 fully saturated rings. The van der Waals surface area contributed by atoms with E-state index >= 15 is 0 Å². The van der Waals surface area contributed by atoms with Gasteiger partial charge in [0.25, 0.3) is 30.4 Å². The van der Waals surface area contributed by atoms with Gasteiger partial charge >= 0.3 is 0 Å². The second-order valence-corrected chi connectivity index (χ2v) is 21.4. The first-order valence-corrected chi connectivity index (χ1v) is 28.7. The number of hydrogen-bond acceptors (Lipinski definition) is 20. The van der Waals surface area contributed by atoms with E-state index in [9.17, 15) is 67.1 Å². The summed E-state index contributed by atoms with van der Waals surface area (Å²) >= 11 is 6.32. The van der Waals surface area contributed by atoms with Crippen molar-refractivity contribution in [3.8, 4) is 34.1 Å². The molecular formula is C45H44Cl2N6O19S5. The third-order valence-corrected chi connectivity index (χ3v) is 15.0. The number of aromatic hydroxyl groups is 2. The molecule has 2 unspecified atom stereocenters. The molecule has 6 aromatic rings. The number of fused-ring (bicyclic) bond motifs is 2. The number of halogens is 2. The van der Waals surface area contributed by atoms with Gasteiger partial charge in [0.1, 0.15) is 72.6 Å². The molecule has 0 spiro atoms. The van der Waals surface area contributed by atoms with Crippen LogP contribution in [0, 0.1) is 6.92 Å². The first-order valence-electron chi connectivity index (χ1n) is 20.8. The van der Waals surface area contributed by atoms with Crippen LogP contribution in [0.2, 0.25) is 0 Å². The largest absolute Gasteiger partial charge is 0.505 e. The van der Waals surface area contributed by atoms with Gasteiger partial charge in [0, 0.05) is 21.5 Å². The van der Waals surface area contributed by atoms with E-state index in [-0.39, 0.29) is 50.6 Å². The average molecular weight is 1200 g/mol. The standard InChI is InChI=1S/C41H36Cl2N6O19S5.2C2H4/c1-20-12-25-23(6-10-29(40(25)72(59,60)61)44-34(50)16-69(54)67-18-42)38(52)36(20)48-46-27-8-4-21(13-31(27)65-2)22-5-9-28(32(14-22)66-3)47-49-37-33(71(56,57)58)15-26-24(39(37)53)7-11-30(41(26)73(62,63)64)45-35(51)17-70(55)68-19-43;2*1-2/h4-15,52-53H,16-19H2,1-3H3,(H,44,50)(H,45,51)(H,56,57,58)(H,59,60,61)(H,62,63,64);2*1-2H2. The first-order chi connectivity index (χ1) is 36.3. The molecule has 0 aliphatic heterocycles. The molecule has 6 rings (SSSR count). The molecule has 6 aromatic carbocycles. The Kier molecular flexibility index (Phi) is 22.0. The van der Waals surface area contributed by atoms with Crippen molar-refractivity contribution in [3.63, 3.8) is 0 Å². The number of hydrogen-bond donors (Lipinski definition) is 7. The van der Waals surface area contributed by atoms with Crippen molar-refractivity contribution in [2.24, 2.45) is 20.5 Å². The molecule has 0 saturated carbocycles. The minimum absolute atomic E-state index is 0.0336. The van der Waals surface area contributed by atoms with Crippen molar-refractivity contribution >= 4 is 143 Å². The highest BCUT2D eigenvalue weighted by atomic mass is 35.5. The van der Waals surface area contributed by atoms with Gasteiger partial charge in [-0.2, -0.15) is 25.3 Å². The lowest BCUT2D eigenvalue weighted by atomic mass is 10.0. The number of rotatable bonds is 20. The Balaban J connectivity index is 0.00000312. The fraction of sp³-hybridized carbons (Fsp3) is 0.156. The van der Waals surface area contributed by atoms with Crippen LogP contribution in [0.5, 0.6) is 23.0 Å². The first kappa shape index (κ1) is 62.7. The minimum atomic E-state index is -5.36. The Morgan fingerprint density at radius 3 is 1.34 bits per heavy atom. The summed E-state index contributed by atoms with van der Waals surface area (Å²) in [5, 5.41) is 41.8. The number of carbonyl (C=O) groups is 2. The van der Waals surface area contributed by atoms with Crippen molar-refractivity contribution < 1.29 is 85.0 Å². The molecule has 32 heteroatoms. The summed E-state index contributed by atoms with van der Waals surface area (Å²) in [7, 11) is -13.1. The number of benzene rings is 6. The molecule has 2 amide bonds. The zero-order valence-electron chi connectivity index (χ0n) is 40.1. The van der Waals surface area contributed by atoms with Crippen LogP contribution in [0.4, 0.5) is 34.1 Å². The summed E-state index contributed by atoms with van der Waals surface area (Å²) in [6.45, 7) is 13.5. The summed E-state index contributed by atoms with van der Waals surface area (Å²) in [6.07, 6.45) is 0. The molecule has 0 radical (unpaired) electrons. The molecule has 0 aliphatic carbocycles. The number of nitrogens with zero attached hydrogens (tertiary/aromatic N) is 4. The maximum absolute atomic E-state index is 12.7. The molecule has 0 aromatic heterocycles. The monoisotopic (exact) mass is 1200 g/mol. The van der Waals surface area contributed by atoms with E-state index in [4.69, 9.17) is 32.7 Å². The Hall–Kier alpha value is -6.81. The van der Waals surface area contributed by atoms with E-state index in [1.807, 2.05) is 0 Å². The number of ether oxygens (including phenoxy) is 2. The smallest absolute Gasteiger partial charge is 0.297 e. The van der Waals surface area contributed by atoms with Crippen LogP contribution in [0.25, 0.3) is 32.7 Å². The molecule has 0 saturated heterocycles. The van der Waals surface area contributed by atoms with Crippen molar-refractivity contribution in [2.75, 3.05) is 48.5 Å². The summed E-state index contributed by atoms with van der Waals surface area (Å²) in [4.78, 5) is 21.9. The predicted molar refractivity (Wildman–Crippen MR) is 288 cm³/mol. The van der Waals surface area contributed by atoms with E-state index < -0.39 is 136 Å². The van der Waals surface area contributed by atoms with Crippen molar-refractivity contribution in [1.29, 1.82) is 0 Å². The van der Waals surface area contributed by atoms with E-state index in [1.54, 1.807) is 12.1 Å². The number of nitrogens with one attached hydrogen (secondary N) is 2. The van der Waals surface area contributed by atoms with Crippen molar-refractivity contribution in [1.82, 2.24) is 0 Å². The van der Waals surface area contributed by atoms with Crippen LogP contribution >= 0.6 is 23.2 Å². The molecule has 0 aliphatic rings. The molecular weight excluding hydrogens is 1160 g/mol. The topological polar surface area (TPSA) is 382 Å². The molecule has 77 heavy (non-hydrogen) atoms. The lowest BCUT2D eigenvalue weighted by Crippen LogP contribution is -2.21. The predicted octanol–water partition coefficient (Wildman–Crippen LogP) is 9.20. The quantitative estimate of drug-likeness (QED) is 0.0162. The van der Waals surface area contributed by atoms with Gasteiger partial charge in [-0.15, -0.1) is 46.8 Å². The van der Waals surface area contributed by atoms with Crippen LogP contribution in [-0.4, -0.2) is 107 Å². The van der Waals surface area contributed by atoms with Crippen LogP contribution < -0.4 is 20.1 Å². The molecule has 2 atom stereocenters. The second kappa shape index (κ2) is 27.0. The number of phenolic OH excluding ortho intramolecular Hbond substituents is 2. The third kappa shape index (κ3) is 15.2. The number of methoxy groups -OCH3 is 2. The Morgan fingerprint density at radius 1 is 0.571 bits per heavy atom. The number of carbonyl (C=O) groups excluding carboxylic acids is 2. The number of phenols is 2. The zero-order chi connectivity index (χ0) is 57.7. The average Bonchev–Trinajstić information content (AvgIpc) is 3.36. The van der Waals surface area contributed by atoms with E-state index in [1.165, 1.54) is 57.5 Å². The normalized spacial score (nSPS) is 12.6. The summed E-state index contributed by atoms with van der Waals surface area (Å²) in [6, 6.07) is 14.2. The highest BCUT2D eigenvalue weighted by Crippen LogP contribution is 2.47. The van der Waals surface area contributed by atoms with Gasteiger partial charge in [-0.25, -0.2) is 8.42 Å². The second-order valence-electron chi connectivity index (χ2n) is 14.6. The van der Waals surface area contributed by atoms with Gasteiger partial charge in [0.05, 0.1) is 25.6 Å². The van der Waals surface area contributed by atoms with Crippen molar-refractivity contribution in [3.05, 3.63) is 105 Å². The summed E-state index contributed by atoms with van der Waals surface area (Å²) < 4.78 is 150. The molecule has 0 bridgehead atoms. The Morgan fingerprint density at radius 2 is 0.961 bits per heavy atom. The molecule has 0 heterocycles. The van der Waals surface area contributed by atoms with E-state index in [0.29, 0.717) is 17.2 Å². The number of alkyl halides is 2. The molecule has 412 valence electrons. The zero-order valence-corrected chi connectivity index (χ0v) is 45.7. The number of amides is 2. The van der Waals surface area contributed by atoms with Gasteiger partial charge in [0.15, 0.2) is 33.7 Å². The summed E-state index contributed by atoms with van der Waals surface area (Å²) in [5.74, 6) is -4.93. The van der Waals surface area contributed by atoms with Crippen LogP contribution in [-0.2, 0) is 70.5 Å². The fourth-order valence-corrected chi connectivity index (χ4v) is 10.8. The van der Waals surface area contributed by atoms with E-state index in [0.717, 1.165) is 18.2 Å². The molecule has 7 N–H and O–H groups in total. The minimum Gasteiger partial charge on any atom is -0.505 e. The Labute approximate surface area is 454 Å². The van der Waals surface area contributed by atoms with Gasteiger partial charge in [-0.05, 0) is 84.3 Å². The number of aryl methyl sites for hydroxylation is 1. The Bertz CT molecular complexity index is 3730. The maximum Gasteiger partial charge on any atom is 0.297 e. The third-order valence-electron chi connectivity index (χ3n) is 9.99. The van der Waals surface area contributed by atoms with Gasteiger partial charge < -0.3 is 30.3 Å². The van der Waals surface area contributed by atoms with E-state index in [2.05, 4.69) is 65.8 Å². The van der Waals surface area contributed by atoms with Crippen molar-refractivity contribution in [2.45, 2.75) is 21.6 Å². The maximum atomic E-state index is 12.7. The lowest BCUT2D eigenvalue weighted by Gasteiger charge is -2.15. The van der Waals surface area contributed by atoms with Gasteiger partial charge in [-0.1, -0.05) is 35.3 Å². The number of azo groups is 2. The lowest BCUT2D eigenvalue weighted by molar-refractivity contribution is -0.114. The van der Waals surface area contributed by atoms with Crippen LogP contribution in [0.1, 0.15) is 5.56 Å². The van der Waals surface area contributed by atoms with Gasteiger partial charge in [-0.3, -0.25) is 31.6 Å². The highest BCUT2D eigenvalue weighted by Gasteiger charge is 2.29. The SMILES string of the molecule is C=C.C=C.COc1cc(-c2ccc(N=Nc3c(S(=O)(=O)O)cc4c(S(=O)(=O)O)c(NC(=O)CS(=O)OCCl)ccc4c3O)c(OC)c2)ccc1N=Nc1c(C)cc2c(S(=O)(=O)O)c(NC(=O)CS(=O)OCCl)ccc2c1O. The van der Waals surface area contributed by atoms with Crippen LogP contribution in [0.15, 0.2) is 134 Å². The van der Waals surface area contributed by atoms with Crippen LogP contribution in [0.3, 0.4) is 0 Å². The number of anilines is 2. The molecule has 25 nitrogen and oxygen atoms in total. The fourth-order valence-electron chi connectivity index (χ4n) is 6.97. The van der Waals surface area contributed by atoms with Gasteiger partial charge in [0.2, 0.25) is 11.8 Å².